The van der Waals surface area contributed by atoms with Gasteiger partial charge in [-0.05, 0) is 55.0 Å². The second-order valence-electron chi connectivity index (χ2n) is 8.83. The number of benzene rings is 1. The highest BCUT2D eigenvalue weighted by Crippen LogP contribution is 2.47. The summed E-state index contributed by atoms with van der Waals surface area (Å²) in [5.41, 5.74) is 3.90. The average Bonchev–Trinajstić information content (AvgIpc) is 3.53. The summed E-state index contributed by atoms with van der Waals surface area (Å²) in [5, 5.41) is 6.23. The quantitative estimate of drug-likeness (QED) is 0.666. The molecule has 1 unspecified atom stereocenters. The zero-order valence-electron chi connectivity index (χ0n) is 17.6. The Morgan fingerprint density at radius 3 is 2.81 bits per heavy atom. The van der Waals surface area contributed by atoms with Crippen LogP contribution < -0.4 is 10.6 Å². The van der Waals surface area contributed by atoms with E-state index in [-0.39, 0.29) is 11.8 Å². The van der Waals surface area contributed by atoms with Gasteiger partial charge >= 0.3 is 0 Å². The number of fused-ring (bicyclic) bond motifs is 3. The first-order valence-electron chi connectivity index (χ1n) is 10.8. The molecule has 1 spiro atoms. The predicted octanol–water partition coefficient (Wildman–Crippen LogP) is 2.84. The Bertz CT molecular complexity index is 1270. The van der Waals surface area contributed by atoms with Gasteiger partial charge in [0.25, 0.3) is 5.91 Å². The van der Waals surface area contributed by atoms with E-state index in [1.165, 1.54) is 6.33 Å². The summed E-state index contributed by atoms with van der Waals surface area (Å²) in [4.78, 5) is 40.0. The van der Waals surface area contributed by atoms with Gasteiger partial charge in [-0.25, -0.2) is 15.0 Å². The van der Waals surface area contributed by atoms with Crippen LogP contribution in [0.15, 0.2) is 48.9 Å². The molecule has 1 aliphatic heterocycles. The first kappa shape index (κ1) is 18.9. The van der Waals surface area contributed by atoms with Crippen LogP contribution in [0.25, 0.3) is 0 Å². The van der Waals surface area contributed by atoms with E-state index < -0.39 is 5.41 Å². The van der Waals surface area contributed by atoms with E-state index in [9.17, 15) is 9.59 Å². The number of anilines is 3. The number of carbonyl (C=O) groups is 2. The highest BCUT2D eigenvalue weighted by Gasteiger charge is 2.51. The van der Waals surface area contributed by atoms with Gasteiger partial charge in [0.05, 0.1) is 5.41 Å². The smallest absolute Gasteiger partial charge is 0.272 e. The molecule has 0 radical (unpaired) electrons. The van der Waals surface area contributed by atoms with Crippen molar-refractivity contribution in [3.05, 3.63) is 71.3 Å². The number of nitrogens with one attached hydrogen (secondary N) is 2. The first-order chi connectivity index (χ1) is 15.5. The fraction of sp³-hybridized carbons (Fsp3) is 0.292. The Hall–Kier alpha value is -3.81. The monoisotopic (exact) mass is 426 g/mol. The summed E-state index contributed by atoms with van der Waals surface area (Å²) in [6.07, 6.45) is 6.49. The molecule has 3 heterocycles. The van der Waals surface area contributed by atoms with Crippen LogP contribution >= 0.6 is 0 Å². The molecule has 8 heteroatoms. The Kier molecular flexibility index (Phi) is 4.05. The maximum atomic E-state index is 12.9. The molecule has 8 nitrogen and oxygen atoms in total. The zero-order valence-corrected chi connectivity index (χ0v) is 17.6. The van der Waals surface area contributed by atoms with Crippen molar-refractivity contribution in [1.82, 2.24) is 19.9 Å². The maximum absolute atomic E-state index is 12.9. The van der Waals surface area contributed by atoms with E-state index in [1.807, 2.05) is 25.2 Å². The Morgan fingerprint density at radius 1 is 1.12 bits per heavy atom. The van der Waals surface area contributed by atoms with E-state index in [4.69, 9.17) is 0 Å². The van der Waals surface area contributed by atoms with Gasteiger partial charge in [0.2, 0.25) is 5.91 Å². The van der Waals surface area contributed by atoms with Crippen molar-refractivity contribution < 1.29 is 9.59 Å². The van der Waals surface area contributed by atoms with Gasteiger partial charge in [-0.15, -0.1) is 0 Å². The molecule has 0 saturated heterocycles. The van der Waals surface area contributed by atoms with Gasteiger partial charge < -0.3 is 15.5 Å². The Balaban J connectivity index is 1.25. The summed E-state index contributed by atoms with van der Waals surface area (Å²) < 4.78 is 0. The minimum atomic E-state index is -0.591. The summed E-state index contributed by atoms with van der Waals surface area (Å²) in [6.45, 7) is 0. The van der Waals surface area contributed by atoms with Crippen LogP contribution in [0.5, 0.6) is 0 Å². The molecular formula is C24H22N6O2. The lowest BCUT2D eigenvalue weighted by Crippen LogP contribution is -2.35. The number of nitrogens with zero attached hydrogens (tertiary/aromatic N) is 4. The molecule has 160 valence electrons. The third kappa shape index (κ3) is 2.94. The summed E-state index contributed by atoms with van der Waals surface area (Å²) >= 11 is 0. The molecule has 2 aliphatic carbocycles. The molecule has 2 aromatic heterocycles. The van der Waals surface area contributed by atoms with Crippen molar-refractivity contribution in [1.29, 1.82) is 0 Å². The molecule has 32 heavy (non-hydrogen) atoms. The molecule has 1 atom stereocenters. The van der Waals surface area contributed by atoms with Crippen molar-refractivity contribution in [3.8, 4) is 0 Å². The maximum Gasteiger partial charge on any atom is 0.272 e. The second kappa shape index (κ2) is 6.85. The molecule has 1 aromatic carbocycles. The van der Waals surface area contributed by atoms with Crippen LogP contribution in [0.1, 0.15) is 40.0 Å². The normalized spacial score (nSPS) is 20.6. The molecule has 3 aromatic rings. The molecule has 2 amide bonds. The van der Waals surface area contributed by atoms with E-state index in [1.54, 1.807) is 17.2 Å². The van der Waals surface area contributed by atoms with Crippen molar-refractivity contribution in [3.63, 3.8) is 0 Å². The van der Waals surface area contributed by atoms with Crippen molar-refractivity contribution in [2.45, 2.75) is 37.1 Å². The molecular weight excluding hydrogens is 404 g/mol. The number of hydrogen-bond donors (Lipinski definition) is 2. The summed E-state index contributed by atoms with van der Waals surface area (Å²) in [5.74, 6) is 1.15. The van der Waals surface area contributed by atoms with Crippen LogP contribution in [0.3, 0.4) is 0 Å². The lowest BCUT2D eigenvalue weighted by Gasteiger charge is -2.20. The van der Waals surface area contributed by atoms with Gasteiger partial charge in [0.1, 0.15) is 23.7 Å². The number of amides is 2. The van der Waals surface area contributed by atoms with Gasteiger partial charge in [-0.2, -0.15) is 0 Å². The minimum absolute atomic E-state index is 0.00986. The average molecular weight is 426 g/mol. The number of carbonyl (C=O) groups excluding carboxylic acids is 2. The van der Waals surface area contributed by atoms with Crippen molar-refractivity contribution in [2.75, 3.05) is 17.7 Å². The van der Waals surface area contributed by atoms with E-state index >= 15 is 0 Å². The fourth-order valence-electron chi connectivity index (χ4n) is 4.84. The number of rotatable bonds is 4. The van der Waals surface area contributed by atoms with Gasteiger partial charge in [-0.3, -0.25) is 9.59 Å². The SMILES string of the molecule is CN(C(=O)c1cc(Nc2ccc3c(c2)CC2(C3)C(=O)Nc3ncccc32)ncn1)C1CC1. The third-order valence-corrected chi connectivity index (χ3v) is 6.75. The third-order valence-electron chi connectivity index (χ3n) is 6.75. The van der Waals surface area contributed by atoms with Gasteiger partial charge in [0.15, 0.2) is 0 Å². The summed E-state index contributed by atoms with van der Waals surface area (Å²) in [6, 6.07) is 12.0. The fourth-order valence-corrected chi connectivity index (χ4v) is 4.84. The number of aromatic nitrogens is 3. The van der Waals surface area contributed by atoms with Crippen LogP contribution in [0.4, 0.5) is 17.3 Å². The molecule has 2 N–H and O–H groups in total. The Labute approximate surface area is 185 Å². The van der Waals surface area contributed by atoms with Crippen LogP contribution in [0.2, 0.25) is 0 Å². The lowest BCUT2D eigenvalue weighted by molar-refractivity contribution is -0.120. The molecule has 3 aliphatic rings. The van der Waals surface area contributed by atoms with Gasteiger partial charge in [0, 0.05) is 36.6 Å². The lowest BCUT2D eigenvalue weighted by atomic mass is 9.79. The molecule has 1 fully saturated rings. The highest BCUT2D eigenvalue weighted by molar-refractivity contribution is 6.06. The number of pyridine rings is 1. The van der Waals surface area contributed by atoms with Crippen LogP contribution in [0, 0.1) is 0 Å². The largest absolute Gasteiger partial charge is 0.340 e. The van der Waals surface area contributed by atoms with E-state index in [0.29, 0.717) is 36.2 Å². The zero-order chi connectivity index (χ0) is 21.9. The second-order valence-corrected chi connectivity index (χ2v) is 8.83. The van der Waals surface area contributed by atoms with Crippen LogP contribution in [-0.4, -0.2) is 44.8 Å². The van der Waals surface area contributed by atoms with Gasteiger partial charge in [-0.1, -0.05) is 12.1 Å². The first-order valence-corrected chi connectivity index (χ1v) is 10.8. The van der Waals surface area contributed by atoms with Crippen LogP contribution in [-0.2, 0) is 23.1 Å². The van der Waals surface area contributed by atoms with Crippen molar-refractivity contribution in [2.24, 2.45) is 0 Å². The topological polar surface area (TPSA) is 100 Å². The summed E-state index contributed by atoms with van der Waals surface area (Å²) in [7, 11) is 1.82. The number of hydrogen-bond acceptors (Lipinski definition) is 6. The molecule has 0 bridgehead atoms. The highest BCUT2D eigenvalue weighted by atomic mass is 16.2. The van der Waals surface area contributed by atoms with E-state index in [0.717, 1.165) is 35.2 Å². The minimum Gasteiger partial charge on any atom is -0.340 e. The standard InChI is InChI=1S/C24H22N6O2/c1-30(17-6-7-17)22(31)19-10-20(27-13-26-19)28-16-5-4-14-11-24(12-15(14)9-16)18-3-2-8-25-21(18)29-23(24)32/h2-5,8-10,13,17H,6-7,11-12H2,1H3,(H,25,29,32)(H,26,27,28). The Morgan fingerprint density at radius 2 is 1.97 bits per heavy atom. The van der Waals surface area contributed by atoms with Crippen molar-refractivity contribution >= 4 is 29.1 Å². The molecule has 6 rings (SSSR count). The van der Waals surface area contributed by atoms with E-state index in [2.05, 4.69) is 37.7 Å². The molecule has 1 saturated carbocycles. The predicted molar refractivity (Wildman–Crippen MR) is 119 cm³/mol.